The molecule has 5 atom stereocenters. The molecule has 5 unspecified atom stereocenters. The molecule has 3 N–H and O–H groups in total. The molecule has 0 aliphatic carbocycles. The lowest BCUT2D eigenvalue weighted by atomic mass is 9.94. The lowest BCUT2D eigenvalue weighted by molar-refractivity contribution is -0.129. The maximum atomic E-state index is 14.0. The van der Waals surface area contributed by atoms with Gasteiger partial charge >= 0.3 is 0 Å². The van der Waals surface area contributed by atoms with Crippen molar-refractivity contribution in [2.24, 2.45) is 5.92 Å². The molecular formula is C34H40F3N3O4. The number of nitrogens with zero attached hydrogens (tertiary/aromatic N) is 1. The number of carbonyl (C=O) groups is 2. The Morgan fingerprint density at radius 1 is 0.977 bits per heavy atom. The molecule has 2 aliphatic rings. The number of ether oxygens (including phenoxy) is 1. The zero-order chi connectivity index (χ0) is 31.6. The number of nitrogens with one attached hydrogen (secondary N) is 2. The normalized spacial score (nSPS) is 21.0. The lowest BCUT2D eigenvalue weighted by Gasteiger charge is -2.29. The summed E-state index contributed by atoms with van der Waals surface area (Å²) in [6.07, 6.45) is -0.859. The summed E-state index contributed by atoms with van der Waals surface area (Å²) in [5.74, 6) is -3.30. The monoisotopic (exact) mass is 611 g/mol. The maximum Gasteiger partial charge on any atom is 0.225 e. The second kappa shape index (κ2) is 15.8. The average Bonchev–Trinajstić information content (AvgIpc) is 3.63. The number of halogens is 3. The predicted octanol–water partition coefficient (Wildman–Crippen LogP) is 4.51. The Morgan fingerprint density at radius 3 is 2.36 bits per heavy atom. The predicted molar refractivity (Wildman–Crippen MR) is 161 cm³/mol. The van der Waals surface area contributed by atoms with Gasteiger partial charge in [-0.3, -0.25) is 9.59 Å². The SMILES string of the molecule is CC.O=C(NC(Cc1cc(F)cc(F)c1)C(O)C1CC(OCc2ccccc2)CN1)C1CC(=O)N(Cc2cccc(F)c2)C1. The fourth-order valence-corrected chi connectivity index (χ4v) is 5.69. The van der Waals surface area contributed by atoms with Crippen molar-refractivity contribution in [3.05, 3.63) is 107 Å². The van der Waals surface area contributed by atoms with Crippen LogP contribution in [0, 0.1) is 23.4 Å². The van der Waals surface area contributed by atoms with Gasteiger partial charge in [-0.2, -0.15) is 0 Å². The number of benzene rings is 3. The third-order valence-corrected chi connectivity index (χ3v) is 7.83. The van der Waals surface area contributed by atoms with Crippen LogP contribution in [0.5, 0.6) is 0 Å². The van der Waals surface area contributed by atoms with Gasteiger partial charge in [0.15, 0.2) is 0 Å². The second-order valence-corrected chi connectivity index (χ2v) is 11.1. The topological polar surface area (TPSA) is 90.9 Å². The number of amides is 2. The smallest absolute Gasteiger partial charge is 0.225 e. The first-order chi connectivity index (χ1) is 21.2. The summed E-state index contributed by atoms with van der Waals surface area (Å²) in [7, 11) is 0. The van der Waals surface area contributed by atoms with Crippen LogP contribution in [-0.2, 0) is 33.9 Å². The molecule has 0 radical (unpaired) electrons. The number of aliphatic hydroxyl groups excluding tert-OH is 1. The minimum Gasteiger partial charge on any atom is -0.389 e. The van der Waals surface area contributed by atoms with Crippen molar-refractivity contribution in [3.63, 3.8) is 0 Å². The second-order valence-electron chi connectivity index (χ2n) is 11.1. The van der Waals surface area contributed by atoms with Crippen LogP contribution in [-0.4, -0.2) is 59.2 Å². The van der Waals surface area contributed by atoms with Crippen LogP contribution in [0.1, 0.15) is 43.4 Å². The Balaban J connectivity index is 0.00000216. The minimum atomic E-state index is -1.11. The molecule has 3 aromatic carbocycles. The number of carbonyl (C=O) groups excluding carboxylic acids is 2. The summed E-state index contributed by atoms with van der Waals surface area (Å²) in [5.41, 5.74) is 1.92. The molecule has 3 aromatic rings. The van der Waals surface area contributed by atoms with E-state index in [4.69, 9.17) is 4.74 Å². The van der Waals surface area contributed by atoms with Crippen molar-refractivity contribution in [2.45, 2.75) is 70.6 Å². The lowest BCUT2D eigenvalue weighted by Crippen LogP contribution is -2.53. The first kappa shape index (κ1) is 33.2. The van der Waals surface area contributed by atoms with E-state index in [1.165, 1.54) is 29.2 Å². The van der Waals surface area contributed by atoms with Gasteiger partial charge in [0.25, 0.3) is 0 Å². The van der Waals surface area contributed by atoms with Crippen LogP contribution in [0.4, 0.5) is 13.2 Å². The van der Waals surface area contributed by atoms with E-state index in [1.54, 1.807) is 12.1 Å². The van der Waals surface area contributed by atoms with E-state index in [0.717, 1.165) is 11.6 Å². The van der Waals surface area contributed by atoms with Crippen LogP contribution in [0.15, 0.2) is 72.8 Å². The van der Waals surface area contributed by atoms with Crippen molar-refractivity contribution >= 4 is 11.8 Å². The van der Waals surface area contributed by atoms with Gasteiger partial charge < -0.3 is 25.4 Å². The summed E-state index contributed by atoms with van der Waals surface area (Å²) in [6.45, 7) is 5.22. The van der Waals surface area contributed by atoms with E-state index in [2.05, 4.69) is 10.6 Å². The fourth-order valence-electron chi connectivity index (χ4n) is 5.69. The van der Waals surface area contributed by atoms with E-state index in [0.29, 0.717) is 25.1 Å². The van der Waals surface area contributed by atoms with Gasteiger partial charge in [0.2, 0.25) is 11.8 Å². The maximum absolute atomic E-state index is 14.0. The Kier molecular flexibility index (Phi) is 11.9. The summed E-state index contributed by atoms with van der Waals surface area (Å²) in [4.78, 5) is 27.5. The molecule has 10 heteroatoms. The highest BCUT2D eigenvalue weighted by Crippen LogP contribution is 2.24. The van der Waals surface area contributed by atoms with E-state index in [1.807, 2.05) is 44.2 Å². The highest BCUT2D eigenvalue weighted by atomic mass is 19.1. The molecule has 0 spiro atoms. The van der Waals surface area contributed by atoms with E-state index >= 15 is 0 Å². The van der Waals surface area contributed by atoms with Crippen LogP contribution < -0.4 is 10.6 Å². The summed E-state index contributed by atoms with van der Waals surface area (Å²) in [5, 5.41) is 17.5. The van der Waals surface area contributed by atoms with Gasteiger partial charge in [0.1, 0.15) is 17.5 Å². The first-order valence-corrected chi connectivity index (χ1v) is 15.1. The van der Waals surface area contributed by atoms with Crippen LogP contribution in [0.2, 0.25) is 0 Å². The number of rotatable bonds is 11. The van der Waals surface area contributed by atoms with Crippen LogP contribution >= 0.6 is 0 Å². The van der Waals surface area contributed by atoms with Crippen LogP contribution in [0.3, 0.4) is 0 Å². The highest BCUT2D eigenvalue weighted by molar-refractivity contribution is 5.89. The van der Waals surface area contributed by atoms with Gasteiger partial charge in [-0.05, 0) is 53.8 Å². The third-order valence-electron chi connectivity index (χ3n) is 7.83. The number of hydrogen-bond acceptors (Lipinski definition) is 5. The van der Waals surface area contributed by atoms with Gasteiger partial charge in [0.05, 0.1) is 30.8 Å². The Hall–Kier alpha value is -3.73. The van der Waals surface area contributed by atoms with E-state index in [-0.39, 0.29) is 43.5 Å². The Morgan fingerprint density at radius 2 is 1.66 bits per heavy atom. The van der Waals surface area contributed by atoms with Gasteiger partial charge in [-0.15, -0.1) is 0 Å². The molecule has 2 aliphatic heterocycles. The summed E-state index contributed by atoms with van der Waals surface area (Å²) >= 11 is 0. The molecule has 2 fully saturated rings. The molecule has 0 saturated carbocycles. The average molecular weight is 612 g/mol. The molecule has 2 saturated heterocycles. The highest BCUT2D eigenvalue weighted by Gasteiger charge is 2.39. The van der Waals surface area contributed by atoms with Crippen molar-refractivity contribution in [1.82, 2.24) is 15.5 Å². The molecule has 7 nitrogen and oxygen atoms in total. The minimum absolute atomic E-state index is 0.0248. The van der Waals surface area contributed by atoms with E-state index in [9.17, 15) is 27.9 Å². The summed E-state index contributed by atoms with van der Waals surface area (Å²) < 4.78 is 47.6. The van der Waals surface area contributed by atoms with Gasteiger partial charge in [-0.25, -0.2) is 13.2 Å². The zero-order valence-electron chi connectivity index (χ0n) is 25.0. The third kappa shape index (κ3) is 9.14. The molecular weight excluding hydrogens is 571 g/mol. The first-order valence-electron chi connectivity index (χ1n) is 15.1. The standard InChI is InChI=1S/C32H34F3N3O4.C2H6/c33-24-8-4-7-21(9-24)17-38-18-23(13-30(38)39)32(41)37-29(12-22-10-25(34)14-26(35)11-22)31(40)28-15-27(16-36-28)42-19-20-5-2-1-3-6-20;1-2/h1-11,14,23,27-29,31,36,40H,12-13,15-19H2,(H,37,41);1-2H3. The van der Waals surface area contributed by atoms with E-state index < -0.39 is 47.5 Å². The molecule has 2 heterocycles. The van der Waals surface area contributed by atoms with Gasteiger partial charge in [0, 0.05) is 38.2 Å². The zero-order valence-corrected chi connectivity index (χ0v) is 25.0. The van der Waals surface area contributed by atoms with Crippen molar-refractivity contribution < 1.29 is 32.6 Å². The van der Waals surface area contributed by atoms with Crippen molar-refractivity contribution in [3.8, 4) is 0 Å². The number of hydrogen-bond donors (Lipinski definition) is 3. The summed E-state index contributed by atoms with van der Waals surface area (Å²) in [6, 6.07) is 17.4. The number of likely N-dealkylation sites (tertiary alicyclic amines) is 1. The van der Waals surface area contributed by atoms with Gasteiger partial charge in [-0.1, -0.05) is 56.3 Å². The molecule has 236 valence electrons. The van der Waals surface area contributed by atoms with Crippen molar-refractivity contribution in [2.75, 3.05) is 13.1 Å². The molecule has 2 amide bonds. The number of aliphatic hydroxyl groups is 1. The Bertz CT molecular complexity index is 1370. The fraction of sp³-hybridized carbons (Fsp3) is 0.412. The van der Waals surface area contributed by atoms with Crippen LogP contribution in [0.25, 0.3) is 0 Å². The Labute approximate surface area is 256 Å². The molecule has 44 heavy (non-hydrogen) atoms. The molecule has 0 bridgehead atoms. The molecule has 0 aromatic heterocycles. The molecule has 5 rings (SSSR count). The van der Waals surface area contributed by atoms with Crippen molar-refractivity contribution in [1.29, 1.82) is 0 Å². The largest absolute Gasteiger partial charge is 0.389 e. The quantitative estimate of drug-likeness (QED) is 0.297.